The van der Waals surface area contributed by atoms with Gasteiger partial charge >= 0.3 is 11.8 Å². The number of hydrogen-bond acceptors (Lipinski definition) is 3. The van der Waals surface area contributed by atoms with Crippen LogP contribution in [0.1, 0.15) is 24.2 Å². The molecule has 0 bridgehead atoms. The predicted octanol–water partition coefficient (Wildman–Crippen LogP) is 1.62. The number of hydrogen-bond donors (Lipinski definition) is 2. The Morgan fingerprint density at radius 3 is 2.45 bits per heavy atom. The van der Waals surface area contributed by atoms with E-state index in [9.17, 15) is 9.59 Å². The fraction of sp³-hybridized carbons (Fsp3) is 0.235. The van der Waals surface area contributed by atoms with E-state index < -0.39 is 11.8 Å². The number of nitrogens with zero attached hydrogens (tertiary/aromatic N) is 1. The maximum atomic E-state index is 11.8. The monoisotopic (exact) mass is 297 g/mol. The van der Waals surface area contributed by atoms with Gasteiger partial charge in [-0.15, -0.1) is 0 Å². The molecule has 0 spiro atoms. The predicted molar refractivity (Wildman–Crippen MR) is 84.0 cm³/mol. The standard InChI is InChI=1S/C17H19N3O2/c1-13(14-7-3-2-4-8-14)20-17(22)16(21)19-12-10-15-9-5-6-11-18-15/h2-9,11,13H,10,12H2,1H3,(H,19,21)(H,20,22)/t13-/m0/s1. The largest absolute Gasteiger partial charge is 0.347 e. The Labute approximate surface area is 129 Å². The molecule has 114 valence electrons. The third kappa shape index (κ3) is 4.70. The molecule has 0 aliphatic rings. The minimum absolute atomic E-state index is 0.213. The zero-order chi connectivity index (χ0) is 15.8. The van der Waals surface area contributed by atoms with Gasteiger partial charge in [0.2, 0.25) is 0 Å². The van der Waals surface area contributed by atoms with Crippen LogP contribution < -0.4 is 10.6 Å². The normalized spacial score (nSPS) is 11.5. The highest BCUT2D eigenvalue weighted by atomic mass is 16.2. The Morgan fingerprint density at radius 2 is 1.77 bits per heavy atom. The molecule has 2 rings (SSSR count). The van der Waals surface area contributed by atoms with Crippen molar-refractivity contribution in [2.75, 3.05) is 6.54 Å². The molecule has 0 radical (unpaired) electrons. The molecule has 0 fully saturated rings. The second-order valence-electron chi connectivity index (χ2n) is 4.93. The lowest BCUT2D eigenvalue weighted by molar-refractivity contribution is -0.139. The first-order valence-corrected chi connectivity index (χ1v) is 7.20. The number of carbonyl (C=O) groups is 2. The summed E-state index contributed by atoms with van der Waals surface area (Å²) in [5.41, 5.74) is 1.83. The number of benzene rings is 1. The Kier molecular flexibility index (Phi) is 5.65. The van der Waals surface area contributed by atoms with E-state index in [0.717, 1.165) is 11.3 Å². The summed E-state index contributed by atoms with van der Waals surface area (Å²) in [6, 6.07) is 14.9. The summed E-state index contributed by atoms with van der Waals surface area (Å²) in [6.07, 6.45) is 2.29. The molecule has 0 saturated heterocycles. The van der Waals surface area contributed by atoms with Crippen molar-refractivity contribution < 1.29 is 9.59 Å². The zero-order valence-corrected chi connectivity index (χ0v) is 12.5. The van der Waals surface area contributed by atoms with Gasteiger partial charge in [0.1, 0.15) is 0 Å². The van der Waals surface area contributed by atoms with Crippen LogP contribution in [-0.2, 0) is 16.0 Å². The van der Waals surface area contributed by atoms with Gasteiger partial charge in [-0.05, 0) is 24.6 Å². The van der Waals surface area contributed by atoms with E-state index in [1.165, 1.54) is 0 Å². The van der Waals surface area contributed by atoms with Crippen molar-refractivity contribution >= 4 is 11.8 Å². The third-order valence-corrected chi connectivity index (χ3v) is 3.25. The summed E-state index contributed by atoms with van der Waals surface area (Å²) >= 11 is 0. The zero-order valence-electron chi connectivity index (χ0n) is 12.5. The maximum absolute atomic E-state index is 11.8. The molecule has 1 atom stereocenters. The summed E-state index contributed by atoms with van der Waals surface area (Å²) < 4.78 is 0. The summed E-state index contributed by atoms with van der Waals surface area (Å²) in [5, 5.41) is 5.27. The molecular formula is C17H19N3O2. The number of aromatic nitrogens is 1. The van der Waals surface area contributed by atoms with Gasteiger partial charge in [0.15, 0.2) is 0 Å². The number of rotatable bonds is 5. The molecular weight excluding hydrogens is 278 g/mol. The number of amides is 2. The van der Waals surface area contributed by atoms with Gasteiger partial charge in [-0.1, -0.05) is 36.4 Å². The molecule has 1 aromatic heterocycles. The molecule has 0 unspecified atom stereocenters. The molecule has 1 aromatic carbocycles. The van der Waals surface area contributed by atoms with E-state index in [1.807, 2.05) is 55.5 Å². The summed E-state index contributed by atoms with van der Waals surface area (Å²) in [5.74, 6) is -1.25. The van der Waals surface area contributed by atoms with Crippen LogP contribution in [0.4, 0.5) is 0 Å². The van der Waals surface area contributed by atoms with Crippen molar-refractivity contribution in [2.24, 2.45) is 0 Å². The van der Waals surface area contributed by atoms with Crippen LogP contribution in [0.25, 0.3) is 0 Å². The number of carbonyl (C=O) groups excluding carboxylic acids is 2. The van der Waals surface area contributed by atoms with Gasteiger partial charge in [-0.3, -0.25) is 14.6 Å². The Morgan fingerprint density at radius 1 is 1.05 bits per heavy atom. The highest BCUT2D eigenvalue weighted by Gasteiger charge is 2.16. The van der Waals surface area contributed by atoms with Crippen molar-refractivity contribution in [2.45, 2.75) is 19.4 Å². The van der Waals surface area contributed by atoms with E-state index in [4.69, 9.17) is 0 Å². The first-order valence-electron chi connectivity index (χ1n) is 7.20. The molecule has 0 saturated carbocycles. The molecule has 0 aliphatic heterocycles. The highest BCUT2D eigenvalue weighted by Crippen LogP contribution is 2.10. The van der Waals surface area contributed by atoms with E-state index >= 15 is 0 Å². The second kappa shape index (κ2) is 7.93. The molecule has 2 aromatic rings. The second-order valence-corrected chi connectivity index (χ2v) is 4.93. The fourth-order valence-electron chi connectivity index (χ4n) is 2.02. The third-order valence-electron chi connectivity index (χ3n) is 3.25. The van der Waals surface area contributed by atoms with Gasteiger partial charge in [-0.2, -0.15) is 0 Å². The van der Waals surface area contributed by atoms with Crippen LogP contribution in [0.5, 0.6) is 0 Å². The van der Waals surface area contributed by atoms with Crippen molar-refractivity contribution in [3.8, 4) is 0 Å². The minimum Gasteiger partial charge on any atom is -0.347 e. The lowest BCUT2D eigenvalue weighted by Crippen LogP contribution is -2.41. The van der Waals surface area contributed by atoms with Crippen LogP contribution in [0.2, 0.25) is 0 Å². The molecule has 5 heteroatoms. The molecule has 1 heterocycles. The van der Waals surface area contributed by atoms with E-state index in [2.05, 4.69) is 15.6 Å². The fourth-order valence-corrected chi connectivity index (χ4v) is 2.02. The van der Waals surface area contributed by atoms with Gasteiger partial charge in [0, 0.05) is 24.9 Å². The highest BCUT2D eigenvalue weighted by molar-refractivity contribution is 6.35. The molecule has 5 nitrogen and oxygen atoms in total. The van der Waals surface area contributed by atoms with Crippen molar-refractivity contribution in [3.05, 3.63) is 66.0 Å². The summed E-state index contributed by atoms with van der Waals surface area (Å²) in [4.78, 5) is 27.7. The van der Waals surface area contributed by atoms with Gasteiger partial charge < -0.3 is 10.6 Å². The first kappa shape index (κ1) is 15.7. The summed E-state index contributed by atoms with van der Waals surface area (Å²) in [7, 11) is 0. The van der Waals surface area contributed by atoms with Crippen LogP contribution in [0.3, 0.4) is 0 Å². The molecule has 2 amide bonds. The average Bonchev–Trinajstić information content (AvgIpc) is 2.56. The number of nitrogens with one attached hydrogen (secondary N) is 2. The first-order chi connectivity index (χ1) is 10.7. The van der Waals surface area contributed by atoms with Crippen molar-refractivity contribution in [3.63, 3.8) is 0 Å². The molecule has 0 aliphatic carbocycles. The maximum Gasteiger partial charge on any atom is 0.309 e. The average molecular weight is 297 g/mol. The lowest BCUT2D eigenvalue weighted by Gasteiger charge is -2.13. The summed E-state index contributed by atoms with van der Waals surface area (Å²) in [6.45, 7) is 2.22. The molecule has 22 heavy (non-hydrogen) atoms. The Bertz CT molecular complexity index is 614. The van der Waals surface area contributed by atoms with Crippen LogP contribution in [-0.4, -0.2) is 23.3 Å². The van der Waals surface area contributed by atoms with E-state index in [0.29, 0.717) is 13.0 Å². The van der Waals surface area contributed by atoms with Crippen LogP contribution in [0.15, 0.2) is 54.7 Å². The van der Waals surface area contributed by atoms with Gasteiger partial charge in [0.25, 0.3) is 0 Å². The van der Waals surface area contributed by atoms with Gasteiger partial charge in [0.05, 0.1) is 6.04 Å². The van der Waals surface area contributed by atoms with Crippen molar-refractivity contribution in [1.82, 2.24) is 15.6 Å². The van der Waals surface area contributed by atoms with Gasteiger partial charge in [-0.25, -0.2) is 0 Å². The number of pyridine rings is 1. The SMILES string of the molecule is C[C@H](NC(=O)C(=O)NCCc1ccccn1)c1ccccc1. The smallest absolute Gasteiger partial charge is 0.309 e. The Balaban J connectivity index is 1.76. The topological polar surface area (TPSA) is 71.1 Å². The minimum atomic E-state index is -0.627. The van der Waals surface area contributed by atoms with E-state index in [1.54, 1.807) is 6.20 Å². The van der Waals surface area contributed by atoms with Crippen LogP contribution >= 0.6 is 0 Å². The molecule has 2 N–H and O–H groups in total. The quantitative estimate of drug-likeness (QED) is 0.824. The van der Waals surface area contributed by atoms with Crippen LogP contribution in [0, 0.1) is 0 Å². The van der Waals surface area contributed by atoms with Crippen molar-refractivity contribution in [1.29, 1.82) is 0 Å². The Hall–Kier alpha value is -2.69. The lowest BCUT2D eigenvalue weighted by atomic mass is 10.1. The van der Waals surface area contributed by atoms with E-state index in [-0.39, 0.29) is 6.04 Å².